The Hall–Kier alpha value is -1.10. The van der Waals surface area contributed by atoms with Crippen molar-refractivity contribution in [1.82, 2.24) is 4.90 Å². The van der Waals surface area contributed by atoms with E-state index in [1.807, 2.05) is 13.0 Å². The molecule has 1 aliphatic rings. The molecule has 1 aromatic rings. The molecule has 18 heavy (non-hydrogen) atoms. The molecule has 4 nitrogen and oxygen atoms in total. The number of nitrogens with zero attached hydrogens (tertiary/aromatic N) is 2. The van der Waals surface area contributed by atoms with Gasteiger partial charge in [-0.25, -0.2) is 0 Å². The standard InChI is InChI=1S/C14H23N3O/c1-2-14(18)16-8-9-17(13(10-15)11-16)12-6-4-3-5-7-12/h3-7,13-14,18H,2,8-11,15H2,1H3. The van der Waals surface area contributed by atoms with Crippen LogP contribution in [-0.4, -0.2) is 48.5 Å². The molecule has 1 aliphatic heterocycles. The van der Waals surface area contributed by atoms with Gasteiger partial charge in [-0.2, -0.15) is 0 Å². The largest absolute Gasteiger partial charge is 0.378 e. The van der Waals surface area contributed by atoms with Crippen molar-refractivity contribution in [3.8, 4) is 0 Å². The van der Waals surface area contributed by atoms with Crippen molar-refractivity contribution in [3.05, 3.63) is 30.3 Å². The summed E-state index contributed by atoms with van der Waals surface area (Å²) < 4.78 is 0. The second-order valence-corrected chi connectivity index (χ2v) is 4.80. The van der Waals surface area contributed by atoms with Crippen molar-refractivity contribution in [2.24, 2.45) is 5.73 Å². The van der Waals surface area contributed by atoms with E-state index in [0.29, 0.717) is 6.54 Å². The summed E-state index contributed by atoms with van der Waals surface area (Å²) in [6.45, 7) is 5.26. The molecule has 100 valence electrons. The van der Waals surface area contributed by atoms with Gasteiger partial charge in [-0.1, -0.05) is 25.1 Å². The number of anilines is 1. The molecule has 0 bridgehead atoms. The number of piperazine rings is 1. The zero-order valence-corrected chi connectivity index (χ0v) is 11.0. The molecule has 2 unspecified atom stereocenters. The highest BCUT2D eigenvalue weighted by molar-refractivity contribution is 5.47. The number of hydrogen-bond acceptors (Lipinski definition) is 4. The average molecular weight is 249 g/mol. The molecule has 0 aromatic heterocycles. The minimum absolute atomic E-state index is 0.280. The predicted molar refractivity (Wildman–Crippen MR) is 74.5 cm³/mol. The Morgan fingerprint density at radius 3 is 2.67 bits per heavy atom. The zero-order valence-electron chi connectivity index (χ0n) is 11.0. The van der Waals surface area contributed by atoms with Gasteiger partial charge in [-0.15, -0.1) is 0 Å². The van der Waals surface area contributed by atoms with E-state index in [-0.39, 0.29) is 12.3 Å². The SMILES string of the molecule is CCC(O)N1CCN(c2ccccc2)C(CN)C1. The van der Waals surface area contributed by atoms with Crippen LogP contribution in [0.25, 0.3) is 0 Å². The van der Waals surface area contributed by atoms with Crippen LogP contribution in [0.3, 0.4) is 0 Å². The monoisotopic (exact) mass is 249 g/mol. The number of para-hydroxylation sites is 1. The highest BCUT2D eigenvalue weighted by Gasteiger charge is 2.28. The molecule has 3 N–H and O–H groups in total. The van der Waals surface area contributed by atoms with Crippen LogP contribution in [-0.2, 0) is 0 Å². The number of aliphatic hydroxyl groups excluding tert-OH is 1. The zero-order chi connectivity index (χ0) is 13.0. The molecule has 1 saturated heterocycles. The van der Waals surface area contributed by atoms with Crippen LogP contribution in [0.2, 0.25) is 0 Å². The van der Waals surface area contributed by atoms with E-state index in [4.69, 9.17) is 5.73 Å². The molecule has 0 saturated carbocycles. The van der Waals surface area contributed by atoms with Crippen molar-refractivity contribution < 1.29 is 5.11 Å². The first-order chi connectivity index (χ1) is 8.76. The lowest BCUT2D eigenvalue weighted by Crippen LogP contribution is -2.58. The highest BCUT2D eigenvalue weighted by Crippen LogP contribution is 2.20. The van der Waals surface area contributed by atoms with Crippen LogP contribution in [0.15, 0.2) is 30.3 Å². The molecule has 1 heterocycles. The van der Waals surface area contributed by atoms with Crippen LogP contribution in [0, 0.1) is 0 Å². The van der Waals surface area contributed by atoms with E-state index in [2.05, 4.69) is 34.1 Å². The van der Waals surface area contributed by atoms with Crippen LogP contribution in [0.5, 0.6) is 0 Å². The smallest absolute Gasteiger partial charge is 0.107 e. The lowest BCUT2D eigenvalue weighted by Gasteiger charge is -2.43. The Morgan fingerprint density at radius 2 is 2.06 bits per heavy atom. The molecule has 0 spiro atoms. The summed E-state index contributed by atoms with van der Waals surface area (Å²) in [6.07, 6.45) is 0.430. The van der Waals surface area contributed by atoms with Gasteiger partial charge in [0.15, 0.2) is 0 Å². The van der Waals surface area contributed by atoms with Crippen LogP contribution >= 0.6 is 0 Å². The molecule has 4 heteroatoms. The van der Waals surface area contributed by atoms with Gasteiger partial charge >= 0.3 is 0 Å². The topological polar surface area (TPSA) is 52.7 Å². The third-order valence-corrected chi connectivity index (χ3v) is 3.66. The summed E-state index contributed by atoms with van der Waals surface area (Å²) in [5, 5.41) is 9.92. The van der Waals surface area contributed by atoms with E-state index in [0.717, 1.165) is 26.1 Å². The van der Waals surface area contributed by atoms with Crippen LogP contribution < -0.4 is 10.6 Å². The maximum Gasteiger partial charge on any atom is 0.107 e. The predicted octanol–water partition coefficient (Wildman–Crippen LogP) is 0.864. The maximum atomic E-state index is 9.92. The molecule has 1 fully saturated rings. The summed E-state index contributed by atoms with van der Waals surface area (Å²) in [5.74, 6) is 0. The number of aliphatic hydroxyl groups is 1. The number of nitrogens with two attached hydrogens (primary N) is 1. The van der Waals surface area contributed by atoms with Crippen molar-refractivity contribution in [2.45, 2.75) is 25.6 Å². The van der Waals surface area contributed by atoms with E-state index < -0.39 is 0 Å². The quantitative estimate of drug-likeness (QED) is 0.831. The Bertz CT molecular complexity index is 357. The van der Waals surface area contributed by atoms with Crippen LogP contribution in [0.4, 0.5) is 5.69 Å². The third kappa shape index (κ3) is 2.83. The minimum atomic E-state index is -0.336. The number of hydrogen-bond donors (Lipinski definition) is 2. The first-order valence-electron chi connectivity index (χ1n) is 6.70. The molecule has 0 radical (unpaired) electrons. The molecule has 1 aromatic carbocycles. The fourth-order valence-corrected chi connectivity index (χ4v) is 2.57. The second kappa shape index (κ2) is 6.18. The Kier molecular flexibility index (Phi) is 4.58. The van der Waals surface area contributed by atoms with Gasteiger partial charge in [0.2, 0.25) is 0 Å². The van der Waals surface area contributed by atoms with E-state index >= 15 is 0 Å². The van der Waals surface area contributed by atoms with Crippen LogP contribution in [0.1, 0.15) is 13.3 Å². The summed E-state index contributed by atoms with van der Waals surface area (Å²) in [6, 6.07) is 10.6. The molecule has 0 amide bonds. The lowest BCUT2D eigenvalue weighted by molar-refractivity contribution is -0.00939. The van der Waals surface area contributed by atoms with Gasteiger partial charge < -0.3 is 15.7 Å². The fourth-order valence-electron chi connectivity index (χ4n) is 2.57. The number of rotatable bonds is 4. The van der Waals surface area contributed by atoms with Crippen molar-refractivity contribution >= 4 is 5.69 Å². The van der Waals surface area contributed by atoms with Crippen molar-refractivity contribution in [3.63, 3.8) is 0 Å². The van der Waals surface area contributed by atoms with Gasteiger partial charge in [0, 0.05) is 31.9 Å². The maximum absolute atomic E-state index is 9.92. The van der Waals surface area contributed by atoms with Gasteiger partial charge in [0.25, 0.3) is 0 Å². The van der Waals surface area contributed by atoms with Crippen molar-refractivity contribution in [2.75, 3.05) is 31.1 Å². The molecule has 0 aliphatic carbocycles. The van der Waals surface area contributed by atoms with Gasteiger partial charge in [-0.05, 0) is 18.6 Å². The number of benzene rings is 1. The molecular formula is C14H23N3O. The Balaban J connectivity index is 2.07. The van der Waals surface area contributed by atoms with Gasteiger partial charge in [0.1, 0.15) is 6.23 Å². The van der Waals surface area contributed by atoms with Crippen molar-refractivity contribution in [1.29, 1.82) is 0 Å². The first-order valence-corrected chi connectivity index (χ1v) is 6.70. The third-order valence-electron chi connectivity index (χ3n) is 3.66. The molecular weight excluding hydrogens is 226 g/mol. The average Bonchev–Trinajstić information content (AvgIpc) is 2.46. The fraction of sp³-hybridized carbons (Fsp3) is 0.571. The van der Waals surface area contributed by atoms with E-state index in [9.17, 15) is 5.11 Å². The van der Waals surface area contributed by atoms with E-state index in [1.54, 1.807) is 0 Å². The molecule has 2 rings (SSSR count). The second-order valence-electron chi connectivity index (χ2n) is 4.80. The summed E-state index contributed by atoms with van der Waals surface area (Å²) >= 11 is 0. The van der Waals surface area contributed by atoms with E-state index in [1.165, 1.54) is 5.69 Å². The minimum Gasteiger partial charge on any atom is -0.378 e. The Labute approximate surface area is 109 Å². The normalized spacial score (nSPS) is 23.1. The summed E-state index contributed by atoms with van der Waals surface area (Å²) in [7, 11) is 0. The summed E-state index contributed by atoms with van der Waals surface area (Å²) in [5.41, 5.74) is 7.11. The highest BCUT2D eigenvalue weighted by atomic mass is 16.3. The summed E-state index contributed by atoms with van der Waals surface area (Å²) in [4.78, 5) is 4.47. The Morgan fingerprint density at radius 1 is 1.33 bits per heavy atom. The first kappa shape index (κ1) is 13.3. The van der Waals surface area contributed by atoms with Gasteiger partial charge in [-0.3, -0.25) is 4.90 Å². The van der Waals surface area contributed by atoms with Gasteiger partial charge in [0.05, 0.1) is 6.04 Å². The molecule has 2 atom stereocenters. The lowest BCUT2D eigenvalue weighted by atomic mass is 10.1.